The maximum atomic E-state index is 12.5. The third kappa shape index (κ3) is 4.20. The number of amides is 1. The van der Waals surface area contributed by atoms with Gasteiger partial charge in [-0.3, -0.25) is 4.79 Å². The van der Waals surface area contributed by atoms with Crippen molar-refractivity contribution in [1.82, 2.24) is 10.3 Å². The molecule has 1 atom stereocenters. The second-order valence-electron chi connectivity index (χ2n) is 7.70. The molecule has 0 saturated heterocycles. The molecule has 0 aliphatic carbocycles. The van der Waals surface area contributed by atoms with Gasteiger partial charge in [0.15, 0.2) is 0 Å². The number of phenols is 1. The van der Waals surface area contributed by atoms with E-state index in [9.17, 15) is 24.6 Å². The zero-order valence-electron chi connectivity index (χ0n) is 17.3. The van der Waals surface area contributed by atoms with Gasteiger partial charge in [-0.05, 0) is 42.7 Å². The summed E-state index contributed by atoms with van der Waals surface area (Å²) in [6.45, 7) is 1.75. The van der Waals surface area contributed by atoms with Crippen LogP contribution in [0.25, 0.3) is 21.9 Å². The summed E-state index contributed by atoms with van der Waals surface area (Å²) in [5.74, 6) is -1.62. The van der Waals surface area contributed by atoms with Crippen LogP contribution in [-0.4, -0.2) is 33.1 Å². The first kappa shape index (κ1) is 21.2. The molecule has 8 nitrogen and oxygen atoms in total. The van der Waals surface area contributed by atoms with Crippen LogP contribution in [0.5, 0.6) is 5.75 Å². The summed E-state index contributed by atoms with van der Waals surface area (Å²) in [6, 6.07) is 10.9. The number of aliphatic carboxylic acids is 1. The molecule has 2 aromatic heterocycles. The number of rotatable bonds is 7. The largest absolute Gasteiger partial charge is 0.508 e. The summed E-state index contributed by atoms with van der Waals surface area (Å²) >= 11 is 0. The predicted octanol–water partition coefficient (Wildman–Crippen LogP) is 3.03. The zero-order chi connectivity index (χ0) is 22.8. The minimum Gasteiger partial charge on any atom is -0.508 e. The topological polar surface area (TPSA) is 133 Å². The number of phenolic OH excluding ortho intramolecular Hbond substituents is 1. The maximum absolute atomic E-state index is 12.5. The van der Waals surface area contributed by atoms with Crippen molar-refractivity contribution in [3.05, 3.63) is 75.8 Å². The van der Waals surface area contributed by atoms with Crippen LogP contribution in [0.4, 0.5) is 0 Å². The summed E-state index contributed by atoms with van der Waals surface area (Å²) in [7, 11) is 0. The Morgan fingerprint density at radius 3 is 2.72 bits per heavy atom. The van der Waals surface area contributed by atoms with E-state index in [0.29, 0.717) is 16.5 Å². The molecular formula is C24H22N2O6. The molecular weight excluding hydrogens is 412 g/mol. The summed E-state index contributed by atoms with van der Waals surface area (Å²) in [5, 5.41) is 23.3. The number of aromatic hydroxyl groups is 1. The van der Waals surface area contributed by atoms with Crippen LogP contribution in [0.1, 0.15) is 23.1 Å². The first-order chi connectivity index (χ1) is 15.3. The van der Waals surface area contributed by atoms with E-state index in [4.69, 9.17) is 4.42 Å². The Morgan fingerprint density at radius 1 is 1.16 bits per heavy atom. The molecule has 164 valence electrons. The quantitative estimate of drug-likeness (QED) is 0.331. The van der Waals surface area contributed by atoms with Crippen LogP contribution in [0.3, 0.4) is 0 Å². The number of hydrogen-bond donors (Lipinski definition) is 4. The van der Waals surface area contributed by atoms with E-state index in [2.05, 4.69) is 10.3 Å². The predicted molar refractivity (Wildman–Crippen MR) is 119 cm³/mol. The Labute approximate surface area is 182 Å². The number of carboxylic acids is 1. The summed E-state index contributed by atoms with van der Waals surface area (Å²) in [4.78, 5) is 39.7. The molecule has 4 aromatic rings. The molecule has 32 heavy (non-hydrogen) atoms. The highest BCUT2D eigenvalue weighted by Gasteiger charge is 2.22. The molecule has 2 aromatic carbocycles. The van der Waals surface area contributed by atoms with Crippen LogP contribution in [-0.2, 0) is 22.4 Å². The SMILES string of the molecule is Cc1c(CCC(=O)NC(Cc2c[nH]c3ccccc23)C(=O)O)c(=O)oc2cc(O)ccc12. The van der Waals surface area contributed by atoms with Gasteiger partial charge in [-0.25, -0.2) is 9.59 Å². The molecule has 1 amide bonds. The molecule has 4 rings (SSSR count). The molecule has 0 saturated carbocycles. The van der Waals surface area contributed by atoms with Gasteiger partial charge in [-0.2, -0.15) is 0 Å². The highest BCUT2D eigenvalue weighted by Crippen LogP contribution is 2.24. The van der Waals surface area contributed by atoms with Crippen LogP contribution >= 0.6 is 0 Å². The normalized spacial score (nSPS) is 12.2. The first-order valence-electron chi connectivity index (χ1n) is 10.2. The number of H-pyrrole nitrogens is 1. The monoisotopic (exact) mass is 434 g/mol. The van der Waals surface area contributed by atoms with Crippen LogP contribution in [0, 0.1) is 6.92 Å². The van der Waals surface area contributed by atoms with Crippen molar-refractivity contribution in [1.29, 1.82) is 0 Å². The molecule has 0 fully saturated rings. The Morgan fingerprint density at radius 2 is 1.94 bits per heavy atom. The fourth-order valence-corrected chi connectivity index (χ4v) is 3.90. The molecule has 0 radical (unpaired) electrons. The molecule has 0 bridgehead atoms. The average molecular weight is 434 g/mol. The van der Waals surface area contributed by atoms with E-state index < -0.39 is 23.5 Å². The number of aryl methyl sites for hydroxylation is 1. The van der Waals surface area contributed by atoms with Crippen LogP contribution in [0.2, 0.25) is 0 Å². The number of hydrogen-bond acceptors (Lipinski definition) is 5. The highest BCUT2D eigenvalue weighted by atomic mass is 16.4. The van der Waals surface area contributed by atoms with Gasteiger partial charge in [-0.15, -0.1) is 0 Å². The minimum atomic E-state index is -1.13. The number of carboxylic acid groups (broad SMARTS) is 1. The lowest BCUT2D eigenvalue weighted by Gasteiger charge is -2.14. The lowest BCUT2D eigenvalue weighted by molar-refractivity contribution is -0.141. The van der Waals surface area contributed by atoms with Crippen molar-refractivity contribution in [2.75, 3.05) is 0 Å². The maximum Gasteiger partial charge on any atom is 0.339 e. The van der Waals surface area contributed by atoms with Gasteiger partial charge in [0, 0.05) is 47.0 Å². The zero-order valence-corrected chi connectivity index (χ0v) is 17.3. The highest BCUT2D eigenvalue weighted by molar-refractivity contribution is 5.87. The molecule has 0 spiro atoms. The molecule has 0 aliphatic rings. The van der Waals surface area contributed by atoms with Gasteiger partial charge in [0.25, 0.3) is 0 Å². The third-order valence-electron chi connectivity index (χ3n) is 5.61. The van der Waals surface area contributed by atoms with E-state index >= 15 is 0 Å². The molecule has 4 N–H and O–H groups in total. The van der Waals surface area contributed by atoms with Crippen molar-refractivity contribution in [2.24, 2.45) is 0 Å². The van der Waals surface area contributed by atoms with Crippen LogP contribution < -0.4 is 10.9 Å². The number of nitrogens with one attached hydrogen (secondary N) is 2. The van der Waals surface area contributed by atoms with Gasteiger partial charge in [-0.1, -0.05) is 18.2 Å². The Balaban J connectivity index is 1.47. The third-order valence-corrected chi connectivity index (χ3v) is 5.61. The van der Waals surface area contributed by atoms with Crippen molar-refractivity contribution >= 4 is 33.7 Å². The summed E-state index contributed by atoms with van der Waals surface area (Å²) in [5.41, 5.74) is 2.39. The minimum absolute atomic E-state index is 0.0120. The number of fused-ring (bicyclic) bond motifs is 2. The van der Waals surface area contributed by atoms with E-state index in [1.165, 1.54) is 12.1 Å². The smallest absolute Gasteiger partial charge is 0.339 e. The van der Waals surface area contributed by atoms with Crippen molar-refractivity contribution in [3.63, 3.8) is 0 Å². The Bertz CT molecular complexity index is 1380. The number of aromatic nitrogens is 1. The van der Waals surface area contributed by atoms with Crippen molar-refractivity contribution in [3.8, 4) is 5.75 Å². The standard InChI is InChI=1S/C24H22N2O6/c1-13-16-7-6-15(27)11-21(16)32-24(31)17(13)8-9-22(28)26-20(23(29)30)10-14-12-25-19-5-3-2-4-18(14)19/h2-7,11-12,20,25,27H,8-10H2,1H3,(H,26,28)(H,29,30). The second kappa shape index (κ2) is 8.58. The van der Waals surface area contributed by atoms with Gasteiger partial charge in [0.1, 0.15) is 17.4 Å². The van der Waals surface area contributed by atoms with Crippen molar-refractivity contribution < 1.29 is 24.2 Å². The van der Waals surface area contributed by atoms with Crippen LogP contribution in [0.15, 0.2) is 57.9 Å². The van der Waals surface area contributed by atoms with Gasteiger partial charge in [0.2, 0.25) is 5.91 Å². The second-order valence-corrected chi connectivity index (χ2v) is 7.70. The number of para-hydroxylation sites is 1. The first-order valence-corrected chi connectivity index (χ1v) is 10.2. The fraction of sp³-hybridized carbons (Fsp3) is 0.208. The lowest BCUT2D eigenvalue weighted by atomic mass is 10.0. The van der Waals surface area contributed by atoms with Gasteiger partial charge in [0.05, 0.1) is 0 Å². The van der Waals surface area contributed by atoms with E-state index in [-0.39, 0.29) is 30.6 Å². The van der Waals surface area contributed by atoms with E-state index in [1.807, 2.05) is 24.3 Å². The molecule has 8 heteroatoms. The Hall–Kier alpha value is -4.07. The number of carbonyl (C=O) groups excluding carboxylic acids is 1. The Kier molecular flexibility index (Phi) is 5.68. The fourth-order valence-electron chi connectivity index (χ4n) is 3.90. The molecule has 0 aliphatic heterocycles. The lowest BCUT2D eigenvalue weighted by Crippen LogP contribution is -2.42. The number of carbonyl (C=O) groups is 2. The molecule has 2 heterocycles. The van der Waals surface area contributed by atoms with E-state index in [1.54, 1.807) is 19.2 Å². The number of aromatic amines is 1. The van der Waals surface area contributed by atoms with Gasteiger partial charge < -0.3 is 24.9 Å². The van der Waals surface area contributed by atoms with Crippen molar-refractivity contribution in [2.45, 2.75) is 32.2 Å². The van der Waals surface area contributed by atoms with Gasteiger partial charge >= 0.3 is 11.6 Å². The summed E-state index contributed by atoms with van der Waals surface area (Å²) < 4.78 is 5.27. The summed E-state index contributed by atoms with van der Waals surface area (Å²) in [6.07, 6.45) is 1.92. The molecule has 1 unspecified atom stereocenters. The number of benzene rings is 2. The average Bonchev–Trinajstić information content (AvgIpc) is 3.15. The van der Waals surface area contributed by atoms with E-state index in [0.717, 1.165) is 16.5 Å².